The second-order valence-corrected chi connectivity index (χ2v) is 6.80. The van der Waals surface area contributed by atoms with Crippen LogP contribution in [-0.2, 0) is 14.4 Å². The van der Waals surface area contributed by atoms with Gasteiger partial charge in [-0.3, -0.25) is 14.4 Å². The molecular formula is C16H15N3O5S. The number of nitrogens with zero attached hydrogens (tertiary/aromatic N) is 2. The molecule has 0 aromatic heterocycles. The predicted octanol–water partition coefficient (Wildman–Crippen LogP) is 1.40. The van der Waals surface area contributed by atoms with Crippen molar-refractivity contribution in [1.29, 1.82) is 0 Å². The minimum atomic E-state index is -1.05. The Labute approximate surface area is 147 Å². The van der Waals surface area contributed by atoms with Crippen LogP contribution in [0.3, 0.4) is 0 Å². The number of carboxylic acids is 1. The number of thioether (sulfide) groups is 1. The van der Waals surface area contributed by atoms with E-state index in [2.05, 4.69) is 15.5 Å². The lowest BCUT2D eigenvalue weighted by Gasteiger charge is -2.03. The maximum Gasteiger partial charge on any atom is 0.314 e. The van der Waals surface area contributed by atoms with Gasteiger partial charge in [0.25, 0.3) is 0 Å². The van der Waals surface area contributed by atoms with Crippen LogP contribution in [0.2, 0.25) is 0 Å². The second-order valence-electron chi connectivity index (χ2n) is 5.61. The molecule has 9 heteroatoms. The molecule has 2 N–H and O–H groups in total. The van der Waals surface area contributed by atoms with E-state index in [1.807, 2.05) is 0 Å². The molecule has 0 spiro atoms. The molecule has 1 saturated carbocycles. The number of esters is 1. The van der Waals surface area contributed by atoms with Crippen LogP contribution in [0.5, 0.6) is 5.75 Å². The average molecular weight is 361 g/mol. The first-order valence-electron chi connectivity index (χ1n) is 7.63. The van der Waals surface area contributed by atoms with Crippen molar-refractivity contribution >= 4 is 41.0 Å². The molecule has 1 heterocycles. The van der Waals surface area contributed by atoms with Gasteiger partial charge in [-0.15, -0.1) is 5.10 Å². The van der Waals surface area contributed by atoms with Crippen LogP contribution >= 0.6 is 11.8 Å². The van der Waals surface area contributed by atoms with Gasteiger partial charge in [-0.1, -0.05) is 23.9 Å². The summed E-state index contributed by atoms with van der Waals surface area (Å²) in [4.78, 5) is 33.9. The number of carboxylic acid groups (broad SMARTS) is 1. The summed E-state index contributed by atoms with van der Waals surface area (Å²) in [5, 5.41) is 18.5. The fourth-order valence-corrected chi connectivity index (χ4v) is 2.99. The Balaban J connectivity index is 1.59. The van der Waals surface area contributed by atoms with E-state index in [-0.39, 0.29) is 23.5 Å². The molecule has 1 aliphatic heterocycles. The number of hydrogen-bond donors (Lipinski definition) is 2. The predicted molar refractivity (Wildman–Crippen MR) is 91.6 cm³/mol. The van der Waals surface area contributed by atoms with E-state index >= 15 is 0 Å². The zero-order valence-electron chi connectivity index (χ0n) is 13.0. The maximum absolute atomic E-state index is 11.6. The molecule has 1 amide bonds. The number of aliphatic carboxylic acids is 1. The first kappa shape index (κ1) is 17.2. The van der Waals surface area contributed by atoms with E-state index < -0.39 is 17.1 Å². The normalized spacial score (nSPS) is 21.5. The summed E-state index contributed by atoms with van der Waals surface area (Å²) in [7, 11) is 0. The summed E-state index contributed by atoms with van der Waals surface area (Å²) in [6.45, 7) is 0. The van der Waals surface area contributed by atoms with Gasteiger partial charge >= 0.3 is 11.9 Å². The fourth-order valence-electron chi connectivity index (χ4n) is 2.07. The van der Waals surface area contributed by atoms with Gasteiger partial charge in [-0.25, -0.2) is 0 Å². The molecule has 1 atom stereocenters. The average Bonchev–Trinajstić information content (AvgIpc) is 3.34. The van der Waals surface area contributed by atoms with Crippen molar-refractivity contribution in [2.75, 3.05) is 0 Å². The summed E-state index contributed by atoms with van der Waals surface area (Å²) < 4.78 is 5.27. The smallest absolute Gasteiger partial charge is 0.314 e. The molecule has 1 saturated heterocycles. The molecule has 0 radical (unpaired) electrons. The van der Waals surface area contributed by atoms with E-state index in [0.717, 1.165) is 24.6 Å². The maximum atomic E-state index is 11.6. The minimum Gasteiger partial charge on any atom is -0.481 e. The van der Waals surface area contributed by atoms with Crippen LogP contribution in [0.4, 0.5) is 0 Å². The molecular weight excluding hydrogens is 346 g/mol. The van der Waals surface area contributed by atoms with Crippen molar-refractivity contribution in [3.8, 4) is 5.75 Å². The van der Waals surface area contributed by atoms with Crippen LogP contribution < -0.4 is 10.1 Å². The van der Waals surface area contributed by atoms with Gasteiger partial charge in [0.05, 0.1) is 18.6 Å². The zero-order valence-corrected chi connectivity index (χ0v) is 13.9. The van der Waals surface area contributed by atoms with Gasteiger partial charge in [-0.2, -0.15) is 5.10 Å². The molecule has 2 fully saturated rings. The molecule has 1 aromatic rings. The minimum absolute atomic E-state index is 0.0190. The Kier molecular flexibility index (Phi) is 5.13. The van der Waals surface area contributed by atoms with Crippen molar-refractivity contribution in [2.24, 2.45) is 16.1 Å². The zero-order chi connectivity index (χ0) is 17.8. The Bertz CT molecular complexity index is 773. The number of hydrogen-bond acceptors (Lipinski definition) is 7. The fraction of sp³-hybridized carbons (Fsp3) is 0.312. The molecule has 1 unspecified atom stereocenters. The molecule has 1 aliphatic carbocycles. The third-order valence-corrected chi connectivity index (χ3v) is 4.55. The van der Waals surface area contributed by atoms with Crippen molar-refractivity contribution in [2.45, 2.75) is 24.5 Å². The Morgan fingerprint density at radius 3 is 2.92 bits per heavy atom. The van der Waals surface area contributed by atoms with E-state index in [1.165, 1.54) is 6.21 Å². The van der Waals surface area contributed by atoms with Crippen LogP contribution in [-0.4, -0.2) is 39.6 Å². The van der Waals surface area contributed by atoms with Gasteiger partial charge < -0.3 is 15.2 Å². The summed E-state index contributed by atoms with van der Waals surface area (Å²) >= 11 is 1.03. The summed E-state index contributed by atoms with van der Waals surface area (Å²) in [6.07, 6.45) is 2.94. The van der Waals surface area contributed by atoms with Gasteiger partial charge in [0.1, 0.15) is 11.0 Å². The van der Waals surface area contributed by atoms with E-state index in [0.29, 0.717) is 11.3 Å². The number of ether oxygens (including phenoxy) is 1. The molecule has 3 rings (SSSR count). The SMILES string of the molecule is O=C(O)CC1SC(=NN=Cc2cccc(OC(=O)C3CC3)c2)NC1=O. The Morgan fingerprint density at radius 2 is 2.20 bits per heavy atom. The lowest BCUT2D eigenvalue weighted by atomic mass is 10.2. The van der Waals surface area contributed by atoms with Crippen molar-refractivity contribution < 1.29 is 24.2 Å². The molecule has 0 bridgehead atoms. The highest BCUT2D eigenvalue weighted by atomic mass is 32.2. The summed E-state index contributed by atoms with van der Waals surface area (Å²) in [6, 6.07) is 6.86. The molecule has 25 heavy (non-hydrogen) atoms. The number of carbonyl (C=O) groups excluding carboxylic acids is 2. The quantitative estimate of drug-likeness (QED) is 0.342. The summed E-state index contributed by atoms with van der Waals surface area (Å²) in [5.41, 5.74) is 0.682. The van der Waals surface area contributed by atoms with Gasteiger partial charge in [0, 0.05) is 0 Å². The van der Waals surface area contributed by atoms with Gasteiger partial charge in [0.2, 0.25) is 5.91 Å². The van der Waals surface area contributed by atoms with Gasteiger partial charge in [-0.05, 0) is 30.5 Å². The number of nitrogens with one attached hydrogen (secondary N) is 1. The van der Waals surface area contributed by atoms with Gasteiger partial charge in [0.15, 0.2) is 5.17 Å². The second kappa shape index (κ2) is 7.47. The van der Waals surface area contributed by atoms with E-state index in [4.69, 9.17) is 9.84 Å². The van der Waals surface area contributed by atoms with Crippen LogP contribution in [0.1, 0.15) is 24.8 Å². The van der Waals surface area contributed by atoms with Crippen molar-refractivity contribution in [3.63, 3.8) is 0 Å². The van der Waals surface area contributed by atoms with E-state index in [1.54, 1.807) is 24.3 Å². The molecule has 1 aromatic carbocycles. The first-order valence-corrected chi connectivity index (χ1v) is 8.51. The monoisotopic (exact) mass is 361 g/mol. The molecule has 8 nitrogen and oxygen atoms in total. The number of amidine groups is 1. The Hall–Kier alpha value is -2.68. The van der Waals surface area contributed by atoms with E-state index in [9.17, 15) is 14.4 Å². The molecule has 130 valence electrons. The highest BCUT2D eigenvalue weighted by Crippen LogP contribution is 2.30. The van der Waals surface area contributed by atoms with Crippen molar-refractivity contribution in [1.82, 2.24) is 5.32 Å². The lowest BCUT2D eigenvalue weighted by molar-refractivity contribution is -0.138. The lowest BCUT2D eigenvalue weighted by Crippen LogP contribution is -2.26. The van der Waals surface area contributed by atoms with Crippen molar-refractivity contribution in [3.05, 3.63) is 29.8 Å². The molecule has 2 aliphatic rings. The summed E-state index contributed by atoms with van der Waals surface area (Å²) in [5.74, 6) is -1.20. The number of amides is 1. The largest absolute Gasteiger partial charge is 0.481 e. The highest BCUT2D eigenvalue weighted by molar-refractivity contribution is 8.15. The van der Waals surface area contributed by atoms with Crippen LogP contribution in [0, 0.1) is 5.92 Å². The first-order chi connectivity index (χ1) is 12.0. The number of benzene rings is 1. The van der Waals surface area contributed by atoms with Crippen LogP contribution in [0.15, 0.2) is 34.5 Å². The highest BCUT2D eigenvalue weighted by Gasteiger charge is 2.32. The Morgan fingerprint density at radius 1 is 1.40 bits per heavy atom. The third kappa shape index (κ3) is 4.90. The number of carbonyl (C=O) groups is 3. The third-order valence-electron chi connectivity index (χ3n) is 3.48. The standard InChI is InChI=1S/C16H15N3O5S/c20-13(21)7-12-14(22)18-16(25-12)19-17-8-9-2-1-3-11(6-9)24-15(23)10-4-5-10/h1-3,6,8,10,12H,4-5,7H2,(H,20,21)(H,18,19,22). The van der Waals surface area contributed by atoms with Crippen LogP contribution in [0.25, 0.3) is 0 Å². The number of rotatable bonds is 6. The topological polar surface area (TPSA) is 117 Å².